The highest BCUT2D eigenvalue weighted by atomic mass is 19.3. The summed E-state index contributed by atoms with van der Waals surface area (Å²) in [6, 6.07) is 0. The van der Waals surface area contributed by atoms with E-state index in [1.807, 2.05) is 0 Å². The van der Waals surface area contributed by atoms with Gasteiger partial charge in [0.2, 0.25) is 0 Å². The van der Waals surface area contributed by atoms with Crippen LogP contribution in [0.5, 0.6) is 0 Å². The zero-order valence-corrected chi connectivity index (χ0v) is 16.9. The Bertz CT molecular complexity index is 621. The van der Waals surface area contributed by atoms with Crippen molar-refractivity contribution in [2.24, 2.45) is 17.8 Å². The normalized spacial score (nSPS) is 42.3. The highest BCUT2D eigenvalue weighted by molar-refractivity contribution is 5.11. The van der Waals surface area contributed by atoms with Crippen LogP contribution in [0.15, 0.2) is 0 Å². The molecule has 0 aromatic heterocycles. The molecule has 174 valence electrons. The molecular formula is C20H28F6O4. The Morgan fingerprint density at radius 3 is 2.23 bits per heavy atom. The molecule has 30 heavy (non-hydrogen) atoms. The number of rotatable bonds is 6. The predicted octanol–water partition coefficient (Wildman–Crippen LogP) is 4.66. The van der Waals surface area contributed by atoms with Gasteiger partial charge in [0.05, 0.1) is 25.4 Å². The molecule has 4 saturated carbocycles. The maximum absolute atomic E-state index is 14.0. The third-order valence-corrected chi connectivity index (χ3v) is 7.02. The van der Waals surface area contributed by atoms with Gasteiger partial charge in [0.25, 0.3) is 5.92 Å². The van der Waals surface area contributed by atoms with Gasteiger partial charge in [-0.1, -0.05) is 0 Å². The first-order valence-corrected chi connectivity index (χ1v) is 10.5. The van der Waals surface area contributed by atoms with Crippen LogP contribution in [0.1, 0.15) is 45.4 Å². The number of halogens is 6. The first-order valence-electron chi connectivity index (χ1n) is 10.5. The molecule has 2 atom stereocenters. The van der Waals surface area contributed by atoms with Crippen LogP contribution in [-0.4, -0.2) is 62.2 Å². The summed E-state index contributed by atoms with van der Waals surface area (Å²) in [5.74, 6) is -12.7. The van der Waals surface area contributed by atoms with E-state index in [4.69, 9.17) is 18.9 Å². The van der Waals surface area contributed by atoms with Gasteiger partial charge >= 0.3 is 11.8 Å². The molecule has 0 N–H and O–H groups in total. The predicted molar refractivity (Wildman–Crippen MR) is 92.8 cm³/mol. The minimum absolute atomic E-state index is 0.0324. The van der Waals surface area contributed by atoms with Crippen molar-refractivity contribution in [1.29, 1.82) is 0 Å². The van der Waals surface area contributed by atoms with Crippen molar-refractivity contribution in [3.05, 3.63) is 0 Å². The molecule has 4 bridgehead atoms. The number of hydrogen-bond donors (Lipinski definition) is 0. The Kier molecular flexibility index (Phi) is 5.64. The molecule has 4 nitrogen and oxygen atoms in total. The van der Waals surface area contributed by atoms with Crippen LogP contribution in [0.3, 0.4) is 0 Å². The van der Waals surface area contributed by atoms with E-state index >= 15 is 0 Å². The van der Waals surface area contributed by atoms with Crippen molar-refractivity contribution in [1.82, 2.24) is 0 Å². The van der Waals surface area contributed by atoms with Gasteiger partial charge in [0.1, 0.15) is 13.2 Å². The van der Waals surface area contributed by atoms with Crippen LogP contribution in [0.2, 0.25) is 0 Å². The van der Waals surface area contributed by atoms with E-state index in [1.165, 1.54) is 0 Å². The highest BCUT2D eigenvalue weighted by Gasteiger charge is 2.67. The first-order chi connectivity index (χ1) is 13.9. The lowest BCUT2D eigenvalue weighted by Crippen LogP contribution is -2.68. The van der Waals surface area contributed by atoms with Gasteiger partial charge < -0.3 is 18.9 Å². The largest absolute Gasteiger partial charge is 0.373 e. The monoisotopic (exact) mass is 446 g/mol. The topological polar surface area (TPSA) is 36.9 Å². The fourth-order valence-corrected chi connectivity index (χ4v) is 5.94. The van der Waals surface area contributed by atoms with Crippen molar-refractivity contribution in [2.75, 3.05) is 33.0 Å². The van der Waals surface area contributed by atoms with Crippen molar-refractivity contribution in [3.8, 4) is 0 Å². The van der Waals surface area contributed by atoms with E-state index in [0.717, 1.165) is 13.3 Å². The molecular weight excluding hydrogens is 418 g/mol. The molecule has 4 aliphatic carbocycles. The smallest absolute Gasteiger partial charge is 0.333 e. The van der Waals surface area contributed by atoms with E-state index in [0.29, 0.717) is 31.6 Å². The fourth-order valence-electron chi connectivity index (χ4n) is 5.94. The summed E-state index contributed by atoms with van der Waals surface area (Å²) in [6.45, 7) is -1.58. The van der Waals surface area contributed by atoms with Gasteiger partial charge in [-0.05, 0) is 38.0 Å². The Morgan fingerprint density at radius 1 is 0.933 bits per heavy atom. The molecule has 1 spiro atoms. The third-order valence-electron chi connectivity index (χ3n) is 7.02. The average molecular weight is 446 g/mol. The Hall–Kier alpha value is -0.580. The second kappa shape index (κ2) is 7.49. The van der Waals surface area contributed by atoms with Crippen molar-refractivity contribution < 1.29 is 45.3 Å². The lowest BCUT2D eigenvalue weighted by molar-refractivity contribution is -0.392. The van der Waals surface area contributed by atoms with E-state index in [1.54, 1.807) is 0 Å². The fraction of sp³-hybridized carbons (Fsp3) is 1.00. The molecule has 0 amide bonds. The molecule has 10 heteroatoms. The third kappa shape index (κ3) is 4.09. The van der Waals surface area contributed by atoms with Crippen molar-refractivity contribution in [3.63, 3.8) is 0 Å². The van der Waals surface area contributed by atoms with Crippen molar-refractivity contribution >= 4 is 0 Å². The summed E-state index contributed by atoms with van der Waals surface area (Å²) < 4.78 is 103. The second-order valence-corrected chi connectivity index (χ2v) is 9.52. The number of alkyl halides is 6. The Balaban J connectivity index is 1.41. The van der Waals surface area contributed by atoms with E-state index in [-0.39, 0.29) is 25.0 Å². The summed E-state index contributed by atoms with van der Waals surface area (Å²) in [5.41, 5.74) is -0.499. The highest BCUT2D eigenvalue weighted by Crippen LogP contribution is 2.63. The maximum atomic E-state index is 14.0. The van der Waals surface area contributed by atoms with E-state index < -0.39 is 55.4 Å². The molecule has 5 fully saturated rings. The van der Waals surface area contributed by atoms with Crippen LogP contribution >= 0.6 is 0 Å². The SMILES string of the molecule is CC(F)(F)COCCOC12CC3CC(C1)C1(OCCC(F)(F)C(F)(F)CO1)C(C3)C2. The zero-order chi connectivity index (χ0) is 21.8. The Morgan fingerprint density at radius 2 is 1.60 bits per heavy atom. The Labute approximate surface area is 171 Å². The van der Waals surface area contributed by atoms with Gasteiger partial charge in [-0.25, -0.2) is 8.78 Å². The maximum Gasteiger partial charge on any atom is 0.333 e. The molecule has 0 aromatic carbocycles. The van der Waals surface area contributed by atoms with Crippen LogP contribution in [0.25, 0.3) is 0 Å². The summed E-state index contributed by atoms with van der Waals surface area (Å²) in [4.78, 5) is 0. The molecule has 5 aliphatic rings. The summed E-state index contributed by atoms with van der Waals surface area (Å²) >= 11 is 0. The van der Waals surface area contributed by atoms with Crippen molar-refractivity contribution in [2.45, 2.75) is 74.6 Å². The van der Waals surface area contributed by atoms with Crippen LogP contribution < -0.4 is 0 Å². The van der Waals surface area contributed by atoms with Crippen LogP contribution in [-0.2, 0) is 18.9 Å². The molecule has 0 radical (unpaired) electrons. The van der Waals surface area contributed by atoms with Gasteiger partial charge in [0, 0.05) is 25.2 Å². The van der Waals surface area contributed by atoms with Gasteiger partial charge in [0.15, 0.2) is 5.79 Å². The van der Waals surface area contributed by atoms with E-state index in [2.05, 4.69) is 0 Å². The molecule has 2 unspecified atom stereocenters. The quantitative estimate of drug-likeness (QED) is 0.440. The van der Waals surface area contributed by atoms with Crippen LogP contribution in [0.4, 0.5) is 26.3 Å². The minimum atomic E-state index is -4.24. The lowest BCUT2D eigenvalue weighted by Gasteiger charge is -2.64. The van der Waals surface area contributed by atoms with Crippen LogP contribution in [0, 0.1) is 17.8 Å². The second-order valence-electron chi connectivity index (χ2n) is 9.52. The zero-order valence-electron chi connectivity index (χ0n) is 16.9. The van der Waals surface area contributed by atoms with Gasteiger partial charge in [-0.15, -0.1) is 0 Å². The van der Waals surface area contributed by atoms with Gasteiger partial charge in [-0.3, -0.25) is 0 Å². The summed E-state index contributed by atoms with van der Waals surface area (Å²) in [5, 5.41) is 0. The lowest BCUT2D eigenvalue weighted by atomic mass is 9.51. The number of hydrogen-bond acceptors (Lipinski definition) is 4. The molecule has 1 heterocycles. The molecule has 1 aliphatic heterocycles. The summed E-state index contributed by atoms with van der Waals surface area (Å²) in [6.07, 6.45) is 2.19. The molecule has 0 aromatic rings. The molecule has 1 saturated heterocycles. The molecule has 5 rings (SSSR count). The number of ether oxygens (including phenoxy) is 4. The first kappa shape index (κ1) is 22.6. The van der Waals surface area contributed by atoms with E-state index in [9.17, 15) is 26.3 Å². The summed E-state index contributed by atoms with van der Waals surface area (Å²) in [7, 11) is 0. The average Bonchev–Trinajstić information content (AvgIpc) is 2.60. The minimum Gasteiger partial charge on any atom is -0.373 e. The standard InChI is InChI=1S/C20H28F6O4/c1-16(21,22)11-27-4-5-28-17-8-13-6-14(9-17)20(15(7-13)10-17)29-3-2-18(23,24)19(25,26)12-30-20/h13-15H,2-12H2,1H3. The van der Waals surface area contributed by atoms with Gasteiger partial charge in [-0.2, -0.15) is 17.6 Å².